The Hall–Kier alpha value is -2.86. The summed E-state index contributed by atoms with van der Waals surface area (Å²) < 4.78 is 102. The molecule has 0 aliphatic carbocycles. The number of carbonyl (C=O) groups is 1. The van der Waals surface area contributed by atoms with E-state index in [-0.39, 0.29) is 35.0 Å². The Labute approximate surface area is 198 Å². The summed E-state index contributed by atoms with van der Waals surface area (Å²) in [4.78, 5) is 17.0. The van der Waals surface area contributed by atoms with Crippen molar-refractivity contribution in [1.29, 1.82) is 0 Å². The zero-order valence-electron chi connectivity index (χ0n) is 17.8. The molecule has 0 spiro atoms. The molecule has 4 rings (SSSR count). The molecule has 2 aliphatic heterocycles. The van der Waals surface area contributed by atoms with Crippen molar-refractivity contribution in [3.05, 3.63) is 69.0 Å². The van der Waals surface area contributed by atoms with Crippen LogP contribution >= 0.6 is 11.6 Å². The van der Waals surface area contributed by atoms with Gasteiger partial charge in [0.2, 0.25) is 0 Å². The minimum atomic E-state index is -5.35. The molecule has 1 atom stereocenters. The van der Waals surface area contributed by atoms with Crippen LogP contribution in [0, 0.1) is 12.7 Å². The van der Waals surface area contributed by atoms with Crippen molar-refractivity contribution in [2.75, 3.05) is 13.2 Å². The first-order valence-corrected chi connectivity index (χ1v) is 10.5. The van der Waals surface area contributed by atoms with Crippen molar-refractivity contribution in [3.63, 3.8) is 0 Å². The molecule has 0 saturated carbocycles. The van der Waals surface area contributed by atoms with E-state index in [1.165, 1.54) is 18.2 Å². The van der Waals surface area contributed by atoms with E-state index in [2.05, 4.69) is 15.3 Å². The van der Waals surface area contributed by atoms with Crippen LogP contribution in [0.4, 0.5) is 30.7 Å². The average molecular weight is 525 g/mol. The van der Waals surface area contributed by atoms with Crippen molar-refractivity contribution in [2.45, 2.75) is 37.3 Å². The van der Waals surface area contributed by atoms with Gasteiger partial charge in [-0.05, 0) is 42.3 Å². The van der Waals surface area contributed by atoms with Gasteiger partial charge >= 0.3 is 12.4 Å². The quantitative estimate of drug-likeness (QED) is 0.536. The first-order valence-electron chi connectivity index (χ1n) is 10.1. The number of ether oxygens (including phenoxy) is 1. The fourth-order valence-corrected chi connectivity index (χ4v) is 3.98. The minimum Gasteiger partial charge on any atom is -0.377 e. The number of hydrogen-bond acceptors (Lipinski definition) is 4. The molecule has 0 aromatic heterocycles. The maximum atomic E-state index is 14.7. The second-order valence-electron chi connectivity index (χ2n) is 8.19. The molecule has 35 heavy (non-hydrogen) atoms. The summed E-state index contributed by atoms with van der Waals surface area (Å²) in [5, 5.41) is 5.03. The van der Waals surface area contributed by atoms with Gasteiger partial charge in [0.1, 0.15) is 5.82 Å². The van der Waals surface area contributed by atoms with Crippen molar-refractivity contribution < 1.29 is 45.1 Å². The summed E-state index contributed by atoms with van der Waals surface area (Å²) in [6, 6.07) is 4.16. The molecule has 13 heteroatoms. The standard InChI is InChI=1S/C22H16ClF7N2O3/c1-10-4-11(2-3-14(10)19(33)31-13-8-34-9-13)17-7-20(35-32-17,22(28,29)30)15-5-12(21(25,26)27)6-16(23)18(15)24/h2-6,13H,7-9H2,1H3,(H,31,33). The van der Waals surface area contributed by atoms with Crippen LogP contribution in [0.15, 0.2) is 35.5 Å². The van der Waals surface area contributed by atoms with Crippen molar-refractivity contribution >= 4 is 23.2 Å². The highest BCUT2D eigenvalue weighted by atomic mass is 35.5. The molecule has 188 valence electrons. The summed E-state index contributed by atoms with van der Waals surface area (Å²) in [5.74, 6) is -2.10. The first-order chi connectivity index (χ1) is 16.2. The van der Waals surface area contributed by atoms with E-state index in [1.807, 2.05) is 0 Å². The first kappa shape index (κ1) is 25.2. The maximum absolute atomic E-state index is 14.7. The fourth-order valence-electron chi connectivity index (χ4n) is 3.76. The molecule has 1 saturated heterocycles. The SMILES string of the molecule is Cc1cc(C2=NOC(c3cc(C(F)(F)F)cc(Cl)c3F)(C(F)(F)F)C2)ccc1C(=O)NC1COC1. The molecule has 1 amide bonds. The van der Waals surface area contributed by atoms with Gasteiger partial charge in [-0.1, -0.05) is 22.8 Å². The molecule has 0 radical (unpaired) electrons. The molecule has 2 aromatic rings. The van der Waals surface area contributed by atoms with Crippen LogP contribution in [0.3, 0.4) is 0 Å². The van der Waals surface area contributed by atoms with Crippen LogP contribution in [-0.2, 0) is 21.4 Å². The molecular formula is C22H16ClF7N2O3. The topological polar surface area (TPSA) is 59.9 Å². The Bertz CT molecular complexity index is 1210. The monoisotopic (exact) mass is 524 g/mol. The van der Waals surface area contributed by atoms with Crippen molar-refractivity contribution in [3.8, 4) is 0 Å². The average Bonchev–Trinajstić information content (AvgIpc) is 3.18. The predicted molar refractivity (Wildman–Crippen MR) is 110 cm³/mol. The Morgan fingerprint density at radius 3 is 2.37 bits per heavy atom. The van der Waals surface area contributed by atoms with Crippen LogP contribution < -0.4 is 5.32 Å². The van der Waals surface area contributed by atoms with Gasteiger partial charge in [-0.15, -0.1) is 0 Å². The number of nitrogens with one attached hydrogen (secondary N) is 1. The Morgan fingerprint density at radius 2 is 1.83 bits per heavy atom. The van der Waals surface area contributed by atoms with Gasteiger partial charge in [0.15, 0.2) is 0 Å². The van der Waals surface area contributed by atoms with Gasteiger partial charge < -0.3 is 14.9 Å². The summed E-state index contributed by atoms with van der Waals surface area (Å²) in [6.45, 7) is 2.29. The number of carbonyl (C=O) groups excluding carboxylic acids is 1. The third-order valence-corrected chi connectivity index (χ3v) is 6.03. The second kappa shape index (κ2) is 8.66. The number of hydrogen-bond donors (Lipinski definition) is 1. The molecule has 1 N–H and O–H groups in total. The van der Waals surface area contributed by atoms with Crippen molar-refractivity contribution in [1.82, 2.24) is 5.32 Å². The number of benzene rings is 2. The lowest BCUT2D eigenvalue weighted by molar-refractivity contribution is -0.276. The van der Waals surface area contributed by atoms with Gasteiger partial charge in [-0.2, -0.15) is 26.3 Å². The van der Waals surface area contributed by atoms with E-state index < -0.39 is 52.2 Å². The predicted octanol–water partition coefficient (Wildman–Crippen LogP) is 5.52. The highest BCUT2D eigenvalue weighted by molar-refractivity contribution is 6.30. The minimum absolute atomic E-state index is 0.0238. The molecule has 1 fully saturated rings. The lowest BCUT2D eigenvalue weighted by atomic mass is 9.85. The highest BCUT2D eigenvalue weighted by Gasteiger charge is 2.64. The number of nitrogens with zero attached hydrogens (tertiary/aromatic N) is 1. The van der Waals surface area contributed by atoms with E-state index in [0.29, 0.717) is 18.8 Å². The van der Waals surface area contributed by atoms with Crippen LogP contribution in [0.5, 0.6) is 0 Å². The van der Waals surface area contributed by atoms with Gasteiger partial charge in [-0.3, -0.25) is 4.79 Å². The van der Waals surface area contributed by atoms with Gasteiger partial charge in [0.25, 0.3) is 11.5 Å². The zero-order valence-corrected chi connectivity index (χ0v) is 18.5. The normalized spacial score (nSPS) is 20.8. The number of aryl methyl sites for hydroxylation is 1. The Morgan fingerprint density at radius 1 is 1.14 bits per heavy atom. The lowest BCUT2D eigenvalue weighted by Gasteiger charge is -2.30. The van der Waals surface area contributed by atoms with E-state index in [9.17, 15) is 35.5 Å². The molecule has 5 nitrogen and oxygen atoms in total. The highest BCUT2D eigenvalue weighted by Crippen LogP contribution is 2.51. The number of alkyl halides is 6. The summed E-state index contributed by atoms with van der Waals surface area (Å²) in [6.07, 6.45) is -11.6. The number of halogens is 8. The Kier molecular flexibility index (Phi) is 6.25. The van der Waals surface area contributed by atoms with Crippen LogP contribution in [-0.4, -0.2) is 37.1 Å². The molecule has 0 bridgehead atoms. The van der Waals surface area contributed by atoms with Crippen molar-refractivity contribution in [2.24, 2.45) is 5.16 Å². The van der Waals surface area contributed by atoms with Crippen LogP contribution in [0.25, 0.3) is 0 Å². The van der Waals surface area contributed by atoms with Crippen LogP contribution in [0.2, 0.25) is 5.02 Å². The zero-order chi connectivity index (χ0) is 25.8. The molecular weight excluding hydrogens is 509 g/mol. The smallest absolute Gasteiger partial charge is 0.377 e. The second-order valence-corrected chi connectivity index (χ2v) is 8.59. The third-order valence-electron chi connectivity index (χ3n) is 5.75. The fraction of sp³-hybridized carbons (Fsp3) is 0.364. The molecule has 2 aromatic carbocycles. The third kappa shape index (κ3) is 4.56. The van der Waals surface area contributed by atoms with E-state index in [4.69, 9.17) is 16.3 Å². The summed E-state index contributed by atoms with van der Waals surface area (Å²) in [5.41, 5.74) is -6.04. The summed E-state index contributed by atoms with van der Waals surface area (Å²) in [7, 11) is 0. The lowest BCUT2D eigenvalue weighted by Crippen LogP contribution is -2.48. The van der Waals surface area contributed by atoms with Gasteiger partial charge in [-0.25, -0.2) is 4.39 Å². The molecule has 2 heterocycles. The van der Waals surface area contributed by atoms with Crippen LogP contribution in [0.1, 0.15) is 39.0 Å². The Balaban J connectivity index is 1.68. The number of amides is 1. The number of rotatable bonds is 4. The summed E-state index contributed by atoms with van der Waals surface area (Å²) >= 11 is 5.51. The molecule has 2 aliphatic rings. The van der Waals surface area contributed by atoms with E-state index in [0.717, 1.165) is 0 Å². The van der Waals surface area contributed by atoms with E-state index in [1.54, 1.807) is 6.92 Å². The van der Waals surface area contributed by atoms with Gasteiger partial charge in [0.05, 0.1) is 42.0 Å². The van der Waals surface area contributed by atoms with E-state index >= 15 is 0 Å². The number of oxime groups is 1. The largest absolute Gasteiger partial charge is 0.435 e. The maximum Gasteiger partial charge on any atom is 0.435 e. The molecule has 1 unspecified atom stereocenters. The van der Waals surface area contributed by atoms with Gasteiger partial charge in [0, 0.05) is 11.1 Å².